The number of anilines is 1. The van der Waals surface area contributed by atoms with E-state index in [1.807, 2.05) is 0 Å². The molecular weight excluding hydrogens is 333 g/mol. The van der Waals surface area contributed by atoms with Crippen LogP contribution in [0.2, 0.25) is 5.02 Å². The normalized spacial score (nSPS) is 11.0. The van der Waals surface area contributed by atoms with Crippen molar-refractivity contribution in [2.75, 3.05) is 11.8 Å². The highest BCUT2D eigenvalue weighted by Crippen LogP contribution is 2.24. The van der Waals surface area contributed by atoms with Gasteiger partial charge < -0.3 is 4.74 Å². The average Bonchev–Trinajstić information content (AvgIpc) is 2.46. The Bertz CT molecular complexity index is 806. The summed E-state index contributed by atoms with van der Waals surface area (Å²) >= 11 is 5.91. The van der Waals surface area contributed by atoms with Crippen molar-refractivity contribution in [1.29, 1.82) is 0 Å². The zero-order chi connectivity index (χ0) is 16.3. The Hall–Kier alpha value is -2.12. The van der Waals surface area contributed by atoms with Crippen LogP contribution in [0.3, 0.4) is 0 Å². The minimum atomic E-state index is -3.88. The van der Waals surface area contributed by atoms with E-state index < -0.39 is 21.8 Å². The zero-order valence-corrected chi connectivity index (χ0v) is 12.9. The number of sulfonamides is 1. The second-order valence-corrected chi connectivity index (χ2v) is 6.34. The molecule has 0 unspecified atom stereocenters. The smallest absolute Gasteiger partial charge is 0.339 e. The molecule has 0 atom stereocenters. The standard InChI is InChI=1S/C14H11ClFNO4S/c1-21-14(18)12-7-4-10(8-13(12)15)17-22(19,20)11-5-2-9(16)3-6-11/h2-8,17H,1H3. The van der Waals surface area contributed by atoms with Gasteiger partial charge in [0.25, 0.3) is 10.0 Å². The molecule has 0 spiro atoms. The van der Waals surface area contributed by atoms with E-state index in [-0.39, 0.29) is 21.2 Å². The summed E-state index contributed by atoms with van der Waals surface area (Å²) in [5.41, 5.74) is 0.288. The number of benzene rings is 2. The van der Waals surface area contributed by atoms with Gasteiger partial charge in [-0.15, -0.1) is 0 Å². The first-order valence-corrected chi connectivity index (χ1v) is 7.86. The van der Waals surface area contributed by atoms with E-state index in [4.69, 9.17) is 11.6 Å². The van der Waals surface area contributed by atoms with Crippen LogP contribution in [0.15, 0.2) is 47.4 Å². The van der Waals surface area contributed by atoms with Gasteiger partial charge in [0, 0.05) is 0 Å². The summed E-state index contributed by atoms with van der Waals surface area (Å²) in [6, 6.07) is 8.37. The average molecular weight is 344 g/mol. The quantitative estimate of drug-likeness (QED) is 0.866. The van der Waals surface area contributed by atoms with Crippen LogP contribution in [0.1, 0.15) is 10.4 Å². The summed E-state index contributed by atoms with van der Waals surface area (Å²) in [4.78, 5) is 11.3. The van der Waals surface area contributed by atoms with Gasteiger partial charge in [0.1, 0.15) is 5.82 Å². The van der Waals surface area contributed by atoms with Crippen molar-refractivity contribution in [2.45, 2.75) is 4.90 Å². The maximum Gasteiger partial charge on any atom is 0.339 e. The van der Waals surface area contributed by atoms with Crippen LogP contribution in [-0.4, -0.2) is 21.5 Å². The lowest BCUT2D eigenvalue weighted by Gasteiger charge is -2.09. The van der Waals surface area contributed by atoms with Crippen molar-refractivity contribution in [1.82, 2.24) is 0 Å². The van der Waals surface area contributed by atoms with Gasteiger partial charge in [0.2, 0.25) is 0 Å². The van der Waals surface area contributed by atoms with Crippen LogP contribution in [0.4, 0.5) is 10.1 Å². The molecule has 0 heterocycles. The summed E-state index contributed by atoms with van der Waals surface area (Å²) in [5.74, 6) is -1.16. The number of esters is 1. The molecule has 8 heteroatoms. The fourth-order valence-corrected chi connectivity index (χ4v) is 2.99. The lowest BCUT2D eigenvalue weighted by molar-refractivity contribution is 0.0601. The minimum Gasteiger partial charge on any atom is -0.465 e. The van der Waals surface area contributed by atoms with Gasteiger partial charge in [-0.25, -0.2) is 17.6 Å². The molecule has 0 aromatic heterocycles. The molecule has 22 heavy (non-hydrogen) atoms. The summed E-state index contributed by atoms with van der Waals surface area (Å²) in [6.07, 6.45) is 0. The van der Waals surface area contributed by atoms with Crippen LogP contribution in [0, 0.1) is 5.82 Å². The van der Waals surface area contributed by atoms with Crippen LogP contribution in [0.5, 0.6) is 0 Å². The first-order chi connectivity index (χ1) is 10.3. The number of methoxy groups -OCH3 is 1. The Morgan fingerprint density at radius 2 is 1.82 bits per heavy atom. The highest BCUT2D eigenvalue weighted by molar-refractivity contribution is 7.92. The minimum absolute atomic E-state index is 0.0474. The number of ether oxygens (including phenoxy) is 1. The molecule has 116 valence electrons. The number of carbonyl (C=O) groups excluding carboxylic acids is 1. The third-order valence-electron chi connectivity index (χ3n) is 2.75. The van der Waals surface area contributed by atoms with Crippen molar-refractivity contribution >= 4 is 33.3 Å². The number of hydrogen-bond acceptors (Lipinski definition) is 4. The summed E-state index contributed by atoms with van der Waals surface area (Å²) in [5, 5.41) is 0.0474. The van der Waals surface area contributed by atoms with Gasteiger partial charge in [-0.1, -0.05) is 11.6 Å². The Morgan fingerprint density at radius 3 is 2.36 bits per heavy atom. The van der Waals surface area contributed by atoms with Gasteiger partial charge >= 0.3 is 5.97 Å². The maximum absolute atomic E-state index is 12.8. The first-order valence-electron chi connectivity index (χ1n) is 6.00. The second kappa shape index (κ2) is 6.33. The third-order valence-corrected chi connectivity index (χ3v) is 4.46. The molecule has 2 rings (SSSR count). The molecule has 2 aromatic rings. The number of halogens is 2. The number of carbonyl (C=O) groups is 1. The number of rotatable bonds is 4. The molecule has 0 aliphatic rings. The molecule has 0 aliphatic heterocycles. The molecule has 1 N–H and O–H groups in total. The topological polar surface area (TPSA) is 72.5 Å². The van der Waals surface area contributed by atoms with E-state index in [0.717, 1.165) is 24.3 Å². The number of hydrogen-bond donors (Lipinski definition) is 1. The molecular formula is C14H11ClFNO4S. The van der Waals surface area contributed by atoms with E-state index in [1.165, 1.54) is 25.3 Å². The lowest BCUT2D eigenvalue weighted by Crippen LogP contribution is -2.13. The van der Waals surface area contributed by atoms with E-state index in [2.05, 4.69) is 9.46 Å². The first kappa shape index (κ1) is 16.3. The predicted molar refractivity (Wildman–Crippen MR) is 80.0 cm³/mol. The molecule has 0 amide bonds. The Labute approximate surface area is 131 Å². The highest BCUT2D eigenvalue weighted by Gasteiger charge is 2.16. The molecule has 0 fully saturated rings. The van der Waals surface area contributed by atoms with Crippen LogP contribution in [-0.2, 0) is 14.8 Å². The monoisotopic (exact) mass is 343 g/mol. The molecule has 0 saturated carbocycles. The van der Waals surface area contributed by atoms with Crippen molar-refractivity contribution in [3.05, 3.63) is 58.9 Å². The fraction of sp³-hybridized carbons (Fsp3) is 0.0714. The summed E-state index contributed by atoms with van der Waals surface area (Å²) in [6.45, 7) is 0. The largest absolute Gasteiger partial charge is 0.465 e. The van der Waals surface area contributed by atoms with Crippen LogP contribution < -0.4 is 4.72 Å². The van der Waals surface area contributed by atoms with Crippen molar-refractivity contribution < 1.29 is 22.3 Å². The van der Waals surface area contributed by atoms with Crippen molar-refractivity contribution in [3.63, 3.8) is 0 Å². The fourth-order valence-electron chi connectivity index (χ4n) is 1.68. The highest BCUT2D eigenvalue weighted by atomic mass is 35.5. The Morgan fingerprint density at radius 1 is 1.18 bits per heavy atom. The maximum atomic E-state index is 12.8. The van der Waals surface area contributed by atoms with Crippen LogP contribution >= 0.6 is 11.6 Å². The van der Waals surface area contributed by atoms with E-state index >= 15 is 0 Å². The Balaban J connectivity index is 2.28. The summed E-state index contributed by atoms with van der Waals surface area (Å²) in [7, 11) is -2.66. The van der Waals surface area contributed by atoms with Gasteiger partial charge in [0.05, 0.1) is 28.3 Å². The van der Waals surface area contributed by atoms with E-state index in [0.29, 0.717) is 0 Å². The van der Waals surface area contributed by atoms with Gasteiger partial charge in [-0.3, -0.25) is 4.72 Å². The van der Waals surface area contributed by atoms with Gasteiger partial charge in [-0.05, 0) is 42.5 Å². The predicted octanol–water partition coefficient (Wildman–Crippen LogP) is 3.07. The Kier molecular flexibility index (Phi) is 4.68. The SMILES string of the molecule is COC(=O)c1ccc(NS(=O)(=O)c2ccc(F)cc2)cc1Cl. The lowest BCUT2D eigenvalue weighted by atomic mass is 10.2. The molecule has 0 bridgehead atoms. The molecule has 5 nitrogen and oxygen atoms in total. The van der Waals surface area contributed by atoms with Crippen molar-refractivity contribution in [2.24, 2.45) is 0 Å². The van der Waals surface area contributed by atoms with Gasteiger partial charge in [-0.2, -0.15) is 0 Å². The summed E-state index contributed by atoms with van der Waals surface area (Å²) < 4.78 is 43.9. The number of nitrogens with one attached hydrogen (secondary N) is 1. The molecule has 0 aliphatic carbocycles. The second-order valence-electron chi connectivity index (χ2n) is 4.25. The molecule has 0 radical (unpaired) electrons. The third kappa shape index (κ3) is 3.55. The van der Waals surface area contributed by atoms with Gasteiger partial charge in [0.15, 0.2) is 0 Å². The van der Waals surface area contributed by atoms with Crippen LogP contribution in [0.25, 0.3) is 0 Å². The van der Waals surface area contributed by atoms with Crippen molar-refractivity contribution in [3.8, 4) is 0 Å². The van der Waals surface area contributed by atoms with E-state index in [9.17, 15) is 17.6 Å². The molecule has 2 aromatic carbocycles. The zero-order valence-electron chi connectivity index (χ0n) is 11.3. The molecule has 0 saturated heterocycles. The van der Waals surface area contributed by atoms with E-state index in [1.54, 1.807) is 0 Å².